The number of hydrogen-bond acceptors (Lipinski definition) is 5. The monoisotopic (exact) mass is 373 g/mol. The van der Waals surface area contributed by atoms with E-state index in [9.17, 15) is 14.4 Å². The van der Waals surface area contributed by atoms with E-state index in [0.29, 0.717) is 53.8 Å². The summed E-state index contributed by atoms with van der Waals surface area (Å²) in [4.78, 5) is 38.7. The predicted octanol–water partition coefficient (Wildman–Crippen LogP) is 0.893. The molecule has 0 aliphatic carbocycles. The molecule has 1 fully saturated rings. The summed E-state index contributed by atoms with van der Waals surface area (Å²) in [7, 11) is 4.60. The molecule has 1 aromatic carbocycles. The van der Waals surface area contributed by atoms with Crippen LogP contribution in [0.15, 0.2) is 23.1 Å². The highest BCUT2D eigenvalue weighted by atomic mass is 16.5. The van der Waals surface area contributed by atoms with Crippen LogP contribution in [0.4, 0.5) is 0 Å². The number of carbonyl (C=O) groups excluding carboxylic acids is 2. The van der Waals surface area contributed by atoms with Gasteiger partial charge in [0.2, 0.25) is 5.91 Å². The summed E-state index contributed by atoms with van der Waals surface area (Å²) in [5.74, 6) is 0.154. The first-order valence-corrected chi connectivity index (χ1v) is 8.71. The Kier molecular flexibility index (Phi) is 5.07. The van der Waals surface area contributed by atoms with Crippen molar-refractivity contribution in [3.05, 3.63) is 34.2 Å². The molecule has 0 saturated carbocycles. The number of aromatic nitrogens is 1. The Morgan fingerprint density at radius 3 is 2.15 bits per heavy atom. The lowest BCUT2D eigenvalue weighted by Crippen LogP contribution is -2.42. The van der Waals surface area contributed by atoms with Crippen molar-refractivity contribution in [2.24, 2.45) is 18.7 Å². The number of aryl methyl sites for hydroxylation is 1. The fourth-order valence-corrected chi connectivity index (χ4v) is 3.50. The molecule has 0 spiro atoms. The lowest BCUT2D eigenvalue weighted by atomic mass is 9.95. The largest absolute Gasteiger partial charge is 0.493 e. The van der Waals surface area contributed by atoms with Gasteiger partial charge >= 0.3 is 0 Å². The molecule has 8 heteroatoms. The third kappa shape index (κ3) is 3.34. The highest BCUT2D eigenvalue weighted by Crippen LogP contribution is 2.33. The normalized spacial score (nSPS) is 15.0. The second-order valence-electron chi connectivity index (χ2n) is 6.68. The van der Waals surface area contributed by atoms with E-state index in [1.54, 1.807) is 30.3 Å². The van der Waals surface area contributed by atoms with Crippen molar-refractivity contribution < 1.29 is 19.1 Å². The van der Waals surface area contributed by atoms with Crippen molar-refractivity contribution >= 4 is 22.6 Å². The van der Waals surface area contributed by atoms with E-state index in [1.807, 2.05) is 0 Å². The van der Waals surface area contributed by atoms with Crippen LogP contribution in [0, 0.1) is 5.92 Å². The summed E-state index contributed by atoms with van der Waals surface area (Å²) >= 11 is 0. The van der Waals surface area contributed by atoms with Gasteiger partial charge in [0.15, 0.2) is 11.5 Å². The maximum Gasteiger partial charge on any atom is 0.258 e. The van der Waals surface area contributed by atoms with Gasteiger partial charge in [-0.1, -0.05) is 0 Å². The third-order valence-corrected chi connectivity index (χ3v) is 5.10. The van der Waals surface area contributed by atoms with Crippen LogP contribution in [0.2, 0.25) is 0 Å². The molecule has 2 N–H and O–H groups in total. The van der Waals surface area contributed by atoms with Crippen molar-refractivity contribution in [3.8, 4) is 11.5 Å². The Hall–Kier alpha value is -3.03. The van der Waals surface area contributed by atoms with Crippen LogP contribution in [0.5, 0.6) is 11.5 Å². The van der Waals surface area contributed by atoms with E-state index in [0.717, 1.165) is 0 Å². The molecule has 1 aliphatic rings. The van der Waals surface area contributed by atoms with Crippen molar-refractivity contribution in [2.75, 3.05) is 27.3 Å². The van der Waals surface area contributed by atoms with E-state index in [2.05, 4.69) is 0 Å². The van der Waals surface area contributed by atoms with Gasteiger partial charge in [0.1, 0.15) is 0 Å². The number of hydrogen-bond donors (Lipinski definition) is 1. The Bertz CT molecular complexity index is 958. The standard InChI is InChI=1S/C19H23N3O5/c1-21-10-14(19(25)22-6-4-11(5-7-22)17(20)23)12-8-15(26-2)16(27-3)9-13(12)18(21)24/h8-11H,4-7H2,1-3H3,(H2,20,23). The maximum atomic E-state index is 13.1. The second-order valence-corrected chi connectivity index (χ2v) is 6.68. The van der Waals surface area contributed by atoms with Gasteiger partial charge in [-0.2, -0.15) is 0 Å². The predicted molar refractivity (Wildman–Crippen MR) is 100 cm³/mol. The molecule has 8 nitrogen and oxygen atoms in total. The number of carbonyl (C=O) groups is 2. The van der Waals surface area contributed by atoms with E-state index in [4.69, 9.17) is 15.2 Å². The molecule has 144 valence electrons. The molecule has 0 radical (unpaired) electrons. The number of rotatable bonds is 4. The molecule has 3 rings (SSSR count). The van der Waals surface area contributed by atoms with Crippen molar-refractivity contribution in [1.29, 1.82) is 0 Å². The Labute approximate surface area is 156 Å². The summed E-state index contributed by atoms with van der Waals surface area (Å²) < 4.78 is 12.0. The van der Waals surface area contributed by atoms with Crippen LogP contribution in [0.1, 0.15) is 23.2 Å². The minimum Gasteiger partial charge on any atom is -0.493 e. The number of fused-ring (bicyclic) bond motifs is 1. The van der Waals surface area contributed by atoms with Crippen LogP contribution in [0.25, 0.3) is 10.8 Å². The zero-order valence-electron chi connectivity index (χ0n) is 15.7. The minimum absolute atomic E-state index is 0.189. The Morgan fingerprint density at radius 1 is 1.07 bits per heavy atom. The van der Waals surface area contributed by atoms with Gasteiger partial charge in [0.25, 0.3) is 11.5 Å². The zero-order chi connectivity index (χ0) is 19.7. The number of likely N-dealkylation sites (tertiary alicyclic amines) is 1. The fraction of sp³-hybridized carbons (Fsp3) is 0.421. The van der Waals surface area contributed by atoms with Gasteiger partial charge in [0.05, 0.1) is 25.2 Å². The van der Waals surface area contributed by atoms with Crippen molar-refractivity contribution in [1.82, 2.24) is 9.47 Å². The molecule has 2 heterocycles. The van der Waals surface area contributed by atoms with Gasteiger partial charge in [-0.15, -0.1) is 0 Å². The molecule has 2 amide bonds. The van der Waals surface area contributed by atoms with Crippen LogP contribution in [0.3, 0.4) is 0 Å². The molecule has 0 unspecified atom stereocenters. The van der Waals surface area contributed by atoms with Crippen LogP contribution in [-0.4, -0.2) is 48.6 Å². The van der Waals surface area contributed by atoms with E-state index in [1.165, 1.54) is 18.8 Å². The van der Waals surface area contributed by atoms with Crippen molar-refractivity contribution in [2.45, 2.75) is 12.8 Å². The van der Waals surface area contributed by atoms with Gasteiger partial charge < -0.3 is 24.7 Å². The number of pyridine rings is 1. The van der Waals surface area contributed by atoms with Gasteiger partial charge in [-0.05, 0) is 25.0 Å². The van der Waals surface area contributed by atoms with E-state index in [-0.39, 0.29) is 23.3 Å². The molecule has 0 atom stereocenters. The summed E-state index contributed by atoms with van der Waals surface area (Å²) in [5, 5.41) is 0.894. The number of nitrogens with zero attached hydrogens (tertiary/aromatic N) is 2. The Balaban J connectivity index is 2.06. The SMILES string of the molecule is COc1cc2c(C(=O)N3CCC(C(N)=O)CC3)cn(C)c(=O)c2cc1OC. The van der Waals surface area contributed by atoms with E-state index < -0.39 is 0 Å². The molecule has 1 aliphatic heterocycles. The molecular formula is C19H23N3O5. The maximum absolute atomic E-state index is 13.1. The quantitative estimate of drug-likeness (QED) is 0.857. The van der Waals surface area contributed by atoms with E-state index >= 15 is 0 Å². The number of nitrogens with two attached hydrogens (primary N) is 1. The Morgan fingerprint density at radius 2 is 1.63 bits per heavy atom. The average molecular weight is 373 g/mol. The third-order valence-electron chi connectivity index (χ3n) is 5.10. The highest BCUT2D eigenvalue weighted by molar-refractivity contribution is 6.07. The average Bonchev–Trinajstić information content (AvgIpc) is 2.69. The molecule has 2 aromatic rings. The zero-order valence-corrected chi connectivity index (χ0v) is 15.7. The summed E-state index contributed by atoms with van der Waals surface area (Å²) in [6.07, 6.45) is 2.63. The van der Waals surface area contributed by atoms with Crippen LogP contribution in [-0.2, 0) is 11.8 Å². The number of ether oxygens (including phenoxy) is 2. The first-order valence-electron chi connectivity index (χ1n) is 8.71. The highest BCUT2D eigenvalue weighted by Gasteiger charge is 2.28. The molecular weight excluding hydrogens is 350 g/mol. The number of methoxy groups -OCH3 is 2. The first-order chi connectivity index (χ1) is 12.9. The molecule has 1 saturated heterocycles. The number of benzene rings is 1. The van der Waals surface area contributed by atoms with Gasteiger partial charge in [-0.3, -0.25) is 14.4 Å². The smallest absolute Gasteiger partial charge is 0.258 e. The number of primary amides is 1. The number of piperidine rings is 1. The number of amides is 2. The van der Waals surface area contributed by atoms with Gasteiger partial charge in [0, 0.05) is 37.6 Å². The topological polar surface area (TPSA) is 104 Å². The second kappa shape index (κ2) is 7.30. The summed E-state index contributed by atoms with van der Waals surface area (Å²) in [6, 6.07) is 3.24. The fourth-order valence-electron chi connectivity index (χ4n) is 3.50. The summed E-state index contributed by atoms with van der Waals surface area (Å²) in [5.41, 5.74) is 5.54. The molecule has 27 heavy (non-hydrogen) atoms. The van der Waals surface area contributed by atoms with Crippen molar-refractivity contribution in [3.63, 3.8) is 0 Å². The van der Waals surface area contributed by atoms with Gasteiger partial charge in [-0.25, -0.2) is 0 Å². The molecule has 1 aromatic heterocycles. The molecule has 0 bridgehead atoms. The van der Waals surface area contributed by atoms with Crippen LogP contribution < -0.4 is 20.8 Å². The minimum atomic E-state index is -0.327. The lowest BCUT2D eigenvalue weighted by molar-refractivity contribution is -0.123. The summed E-state index contributed by atoms with van der Waals surface area (Å²) in [6.45, 7) is 0.897. The first kappa shape index (κ1) is 18.8. The lowest BCUT2D eigenvalue weighted by Gasteiger charge is -2.31. The van der Waals surface area contributed by atoms with Crippen LogP contribution >= 0.6 is 0 Å².